The molecular formula is C18H25N3. The smallest absolute Gasteiger partial charge is 0.0995 e. The number of nitriles is 1. The van der Waals surface area contributed by atoms with Gasteiger partial charge in [0.25, 0.3) is 0 Å². The third kappa shape index (κ3) is 2.65. The second-order valence-corrected chi connectivity index (χ2v) is 7.81. The van der Waals surface area contributed by atoms with E-state index in [1.807, 2.05) is 12.1 Å². The maximum Gasteiger partial charge on any atom is 0.0995 e. The van der Waals surface area contributed by atoms with E-state index in [0.717, 1.165) is 44.6 Å². The Kier molecular flexibility index (Phi) is 3.45. The van der Waals surface area contributed by atoms with Crippen molar-refractivity contribution in [2.75, 3.05) is 31.5 Å². The molecule has 1 N–H and O–H groups in total. The Balaban J connectivity index is 1.81. The molecule has 3 nitrogen and oxygen atoms in total. The molecular weight excluding hydrogens is 258 g/mol. The lowest BCUT2D eigenvalue weighted by molar-refractivity contribution is 0.126. The summed E-state index contributed by atoms with van der Waals surface area (Å²) >= 11 is 0. The van der Waals surface area contributed by atoms with E-state index in [9.17, 15) is 5.26 Å². The fourth-order valence-electron chi connectivity index (χ4n) is 3.95. The van der Waals surface area contributed by atoms with Crippen LogP contribution in [0.3, 0.4) is 0 Å². The van der Waals surface area contributed by atoms with Crippen molar-refractivity contribution >= 4 is 5.69 Å². The van der Waals surface area contributed by atoms with E-state index in [2.05, 4.69) is 43.1 Å². The minimum atomic E-state index is 0.177. The minimum absolute atomic E-state index is 0.177. The van der Waals surface area contributed by atoms with Crippen LogP contribution >= 0.6 is 0 Å². The van der Waals surface area contributed by atoms with Crippen LogP contribution in [-0.4, -0.2) is 31.1 Å². The van der Waals surface area contributed by atoms with Gasteiger partial charge in [0, 0.05) is 29.8 Å². The Labute approximate surface area is 128 Å². The first kappa shape index (κ1) is 14.4. The van der Waals surface area contributed by atoms with Crippen molar-refractivity contribution in [3.63, 3.8) is 0 Å². The van der Waals surface area contributed by atoms with Gasteiger partial charge in [0.1, 0.15) is 0 Å². The summed E-state index contributed by atoms with van der Waals surface area (Å²) in [7, 11) is 0. The average molecular weight is 283 g/mol. The van der Waals surface area contributed by atoms with E-state index in [4.69, 9.17) is 0 Å². The third-order valence-corrected chi connectivity index (χ3v) is 4.84. The zero-order valence-corrected chi connectivity index (χ0v) is 13.4. The zero-order chi connectivity index (χ0) is 15.1. The van der Waals surface area contributed by atoms with Gasteiger partial charge >= 0.3 is 0 Å². The molecule has 0 saturated carbocycles. The summed E-state index contributed by atoms with van der Waals surface area (Å²) in [6.07, 6.45) is 2.31. The molecule has 1 aromatic carbocycles. The number of anilines is 1. The monoisotopic (exact) mass is 283 g/mol. The molecule has 1 spiro atoms. The van der Waals surface area contributed by atoms with Crippen LogP contribution in [0.25, 0.3) is 0 Å². The number of nitrogens with one attached hydrogen (secondary N) is 1. The van der Waals surface area contributed by atoms with Gasteiger partial charge in [-0.05, 0) is 43.5 Å². The van der Waals surface area contributed by atoms with Crippen molar-refractivity contribution in [3.05, 3.63) is 29.3 Å². The van der Waals surface area contributed by atoms with Crippen LogP contribution < -0.4 is 5.32 Å². The highest BCUT2D eigenvalue weighted by atomic mass is 15.1. The van der Waals surface area contributed by atoms with Crippen LogP contribution in [-0.2, 0) is 5.41 Å². The number of piperidine rings is 1. The SMILES string of the molecule is CC(C)(C)CN1CCC2(CC1)CNc1cccc(C#N)c12. The van der Waals surface area contributed by atoms with E-state index in [0.29, 0.717) is 5.41 Å². The van der Waals surface area contributed by atoms with Gasteiger partial charge < -0.3 is 10.2 Å². The van der Waals surface area contributed by atoms with Gasteiger partial charge in [-0.3, -0.25) is 0 Å². The Bertz CT molecular complexity index is 569. The molecule has 2 heterocycles. The van der Waals surface area contributed by atoms with Crippen LogP contribution in [0.15, 0.2) is 18.2 Å². The summed E-state index contributed by atoms with van der Waals surface area (Å²) in [6, 6.07) is 8.46. The molecule has 112 valence electrons. The number of benzene rings is 1. The molecule has 2 aliphatic rings. The molecule has 0 atom stereocenters. The molecule has 2 aliphatic heterocycles. The van der Waals surface area contributed by atoms with Crippen LogP contribution in [0.2, 0.25) is 0 Å². The molecule has 21 heavy (non-hydrogen) atoms. The molecule has 0 unspecified atom stereocenters. The van der Waals surface area contributed by atoms with Gasteiger partial charge in [-0.2, -0.15) is 5.26 Å². The van der Waals surface area contributed by atoms with E-state index in [1.165, 1.54) is 11.3 Å². The summed E-state index contributed by atoms with van der Waals surface area (Å²) in [5.74, 6) is 0. The van der Waals surface area contributed by atoms with E-state index < -0.39 is 0 Å². The average Bonchev–Trinajstić information content (AvgIpc) is 2.79. The van der Waals surface area contributed by atoms with Crippen molar-refractivity contribution in [1.29, 1.82) is 5.26 Å². The lowest BCUT2D eigenvalue weighted by Gasteiger charge is -2.41. The lowest BCUT2D eigenvalue weighted by Crippen LogP contribution is -2.46. The maximum atomic E-state index is 9.43. The quantitative estimate of drug-likeness (QED) is 0.859. The molecule has 0 radical (unpaired) electrons. The van der Waals surface area contributed by atoms with Crippen molar-refractivity contribution < 1.29 is 0 Å². The molecule has 1 aromatic rings. The second kappa shape index (κ2) is 5.03. The maximum absolute atomic E-state index is 9.43. The van der Waals surface area contributed by atoms with E-state index in [1.54, 1.807) is 0 Å². The molecule has 0 amide bonds. The second-order valence-electron chi connectivity index (χ2n) is 7.81. The normalized spacial score (nSPS) is 20.9. The molecule has 3 rings (SSSR count). The van der Waals surface area contributed by atoms with Crippen molar-refractivity contribution in [1.82, 2.24) is 4.90 Å². The predicted molar refractivity (Wildman–Crippen MR) is 86.5 cm³/mol. The number of likely N-dealkylation sites (tertiary alicyclic amines) is 1. The Hall–Kier alpha value is -1.53. The van der Waals surface area contributed by atoms with Gasteiger partial charge in [-0.25, -0.2) is 0 Å². The van der Waals surface area contributed by atoms with Crippen LogP contribution in [0, 0.1) is 16.7 Å². The van der Waals surface area contributed by atoms with Crippen molar-refractivity contribution in [2.24, 2.45) is 5.41 Å². The molecule has 3 heteroatoms. The summed E-state index contributed by atoms with van der Waals surface area (Å²) in [5.41, 5.74) is 3.85. The third-order valence-electron chi connectivity index (χ3n) is 4.84. The van der Waals surface area contributed by atoms with Crippen LogP contribution in [0.1, 0.15) is 44.7 Å². The highest BCUT2D eigenvalue weighted by Crippen LogP contribution is 2.45. The Morgan fingerprint density at radius 2 is 2.00 bits per heavy atom. The first-order valence-electron chi connectivity index (χ1n) is 7.93. The fraction of sp³-hybridized carbons (Fsp3) is 0.611. The molecule has 0 aliphatic carbocycles. The van der Waals surface area contributed by atoms with Crippen molar-refractivity contribution in [3.8, 4) is 6.07 Å². The van der Waals surface area contributed by atoms with Gasteiger partial charge in [-0.1, -0.05) is 26.8 Å². The van der Waals surface area contributed by atoms with E-state index >= 15 is 0 Å². The molecule has 1 fully saturated rings. The standard InChI is InChI=1S/C18H25N3/c1-17(2,3)13-21-9-7-18(8-10-21)12-20-15-6-4-5-14(11-19)16(15)18/h4-6,20H,7-10,12-13H2,1-3H3. The summed E-state index contributed by atoms with van der Waals surface area (Å²) in [4.78, 5) is 2.58. The highest BCUT2D eigenvalue weighted by Gasteiger charge is 2.43. The number of nitrogens with zero attached hydrogens (tertiary/aromatic N) is 2. The zero-order valence-electron chi connectivity index (χ0n) is 13.4. The minimum Gasteiger partial charge on any atom is -0.384 e. The highest BCUT2D eigenvalue weighted by molar-refractivity contribution is 5.66. The lowest BCUT2D eigenvalue weighted by atomic mass is 9.72. The number of hydrogen-bond acceptors (Lipinski definition) is 3. The topological polar surface area (TPSA) is 39.1 Å². The van der Waals surface area contributed by atoms with Gasteiger partial charge in [0.2, 0.25) is 0 Å². The fourth-order valence-corrected chi connectivity index (χ4v) is 3.95. The largest absolute Gasteiger partial charge is 0.384 e. The van der Waals surface area contributed by atoms with Gasteiger partial charge in [-0.15, -0.1) is 0 Å². The Morgan fingerprint density at radius 1 is 1.29 bits per heavy atom. The predicted octanol–water partition coefficient (Wildman–Crippen LogP) is 3.36. The first-order chi connectivity index (χ1) is 9.93. The summed E-state index contributed by atoms with van der Waals surface area (Å²) in [6.45, 7) is 11.3. The van der Waals surface area contributed by atoms with Gasteiger partial charge in [0.05, 0.1) is 11.6 Å². The summed E-state index contributed by atoms with van der Waals surface area (Å²) < 4.78 is 0. The Morgan fingerprint density at radius 3 is 2.62 bits per heavy atom. The first-order valence-corrected chi connectivity index (χ1v) is 7.93. The van der Waals surface area contributed by atoms with E-state index in [-0.39, 0.29) is 5.41 Å². The summed E-state index contributed by atoms with van der Waals surface area (Å²) in [5, 5.41) is 13.0. The van der Waals surface area contributed by atoms with Crippen LogP contribution in [0.5, 0.6) is 0 Å². The number of fused-ring (bicyclic) bond motifs is 2. The van der Waals surface area contributed by atoms with Crippen molar-refractivity contribution in [2.45, 2.75) is 39.0 Å². The molecule has 0 aromatic heterocycles. The van der Waals surface area contributed by atoms with Crippen LogP contribution in [0.4, 0.5) is 5.69 Å². The molecule has 1 saturated heterocycles. The molecule has 0 bridgehead atoms. The number of rotatable bonds is 1. The number of hydrogen-bond donors (Lipinski definition) is 1. The van der Waals surface area contributed by atoms with Gasteiger partial charge in [0.15, 0.2) is 0 Å².